The molecule has 0 saturated carbocycles. The molecule has 5 nitrogen and oxygen atoms in total. The molecule has 0 heterocycles. The number of amides is 2. The number of benzene rings is 1. The Morgan fingerprint density at radius 3 is 2.47 bits per heavy atom. The van der Waals surface area contributed by atoms with E-state index in [-0.39, 0.29) is 18.2 Å². The number of nitrogens with two attached hydrogens (primary N) is 2. The van der Waals surface area contributed by atoms with Crippen molar-refractivity contribution >= 4 is 11.8 Å². The lowest BCUT2D eigenvalue weighted by atomic mass is 10.1. The molecule has 0 radical (unpaired) electrons. The third-order valence-corrected chi connectivity index (χ3v) is 2.34. The van der Waals surface area contributed by atoms with Crippen molar-refractivity contribution in [1.82, 2.24) is 5.32 Å². The third kappa shape index (κ3) is 4.65. The minimum absolute atomic E-state index is 0.249. The molecule has 5 N–H and O–H groups in total. The van der Waals surface area contributed by atoms with Gasteiger partial charge in [0.1, 0.15) is 6.04 Å². The number of rotatable bonds is 6. The van der Waals surface area contributed by atoms with Crippen molar-refractivity contribution in [1.29, 1.82) is 0 Å². The topological polar surface area (TPSA) is 98.2 Å². The second kappa shape index (κ2) is 6.65. The van der Waals surface area contributed by atoms with Gasteiger partial charge in [0, 0.05) is 13.0 Å². The van der Waals surface area contributed by atoms with Crippen LogP contribution in [0.3, 0.4) is 0 Å². The van der Waals surface area contributed by atoms with Crippen molar-refractivity contribution in [3.05, 3.63) is 35.9 Å². The van der Waals surface area contributed by atoms with Gasteiger partial charge in [0.05, 0.1) is 0 Å². The van der Waals surface area contributed by atoms with Gasteiger partial charge in [-0.2, -0.15) is 0 Å². The highest BCUT2D eigenvalue weighted by Crippen LogP contribution is 2.08. The number of nitrogens with one attached hydrogen (secondary N) is 1. The highest BCUT2D eigenvalue weighted by Gasteiger charge is 2.14. The van der Waals surface area contributed by atoms with Crippen molar-refractivity contribution in [2.75, 3.05) is 6.54 Å². The van der Waals surface area contributed by atoms with E-state index in [1.165, 1.54) is 0 Å². The fraction of sp³-hybridized carbons (Fsp3) is 0.333. The molecule has 1 rings (SSSR count). The summed E-state index contributed by atoms with van der Waals surface area (Å²) in [5, 5.41) is 2.66. The van der Waals surface area contributed by atoms with Crippen LogP contribution in [-0.4, -0.2) is 18.4 Å². The van der Waals surface area contributed by atoms with Gasteiger partial charge >= 0.3 is 0 Å². The van der Waals surface area contributed by atoms with Gasteiger partial charge in [-0.25, -0.2) is 0 Å². The van der Waals surface area contributed by atoms with Crippen molar-refractivity contribution in [2.45, 2.75) is 18.9 Å². The lowest BCUT2D eigenvalue weighted by molar-refractivity contribution is -0.123. The summed E-state index contributed by atoms with van der Waals surface area (Å²) in [6.07, 6.45) is 0.795. The smallest absolute Gasteiger partial charge is 0.241 e. The second-order valence-corrected chi connectivity index (χ2v) is 3.75. The lowest BCUT2D eigenvalue weighted by Crippen LogP contribution is -2.34. The molecule has 0 aliphatic heterocycles. The van der Waals surface area contributed by atoms with Crippen LogP contribution in [0.4, 0.5) is 0 Å². The minimum Gasteiger partial charge on any atom is -0.370 e. The van der Waals surface area contributed by atoms with E-state index in [4.69, 9.17) is 11.5 Å². The summed E-state index contributed by atoms with van der Waals surface area (Å²) in [5.74, 6) is -0.618. The van der Waals surface area contributed by atoms with Crippen LogP contribution in [-0.2, 0) is 9.59 Å². The molecule has 0 bridgehead atoms. The molecule has 2 amide bonds. The number of carbonyl (C=O) groups excluding carboxylic acids is 2. The van der Waals surface area contributed by atoms with Gasteiger partial charge in [0.25, 0.3) is 0 Å². The summed E-state index contributed by atoms with van der Waals surface area (Å²) in [5.41, 5.74) is 11.5. The second-order valence-electron chi connectivity index (χ2n) is 3.75. The predicted molar refractivity (Wildman–Crippen MR) is 64.8 cm³/mol. The Hall–Kier alpha value is -1.88. The van der Waals surface area contributed by atoms with Crippen LogP contribution in [0.1, 0.15) is 24.4 Å². The summed E-state index contributed by atoms with van der Waals surface area (Å²) < 4.78 is 0. The van der Waals surface area contributed by atoms with Gasteiger partial charge in [0.2, 0.25) is 11.8 Å². The van der Waals surface area contributed by atoms with E-state index in [0.29, 0.717) is 13.0 Å². The monoisotopic (exact) mass is 235 g/mol. The Balaban J connectivity index is 2.35. The summed E-state index contributed by atoms with van der Waals surface area (Å²) in [4.78, 5) is 22.1. The zero-order valence-electron chi connectivity index (χ0n) is 9.56. The SMILES string of the molecule is NC(=O)CCCNC(=O)[C@@H](N)c1ccccc1. The van der Waals surface area contributed by atoms with Crippen molar-refractivity contribution < 1.29 is 9.59 Å². The fourth-order valence-electron chi connectivity index (χ4n) is 1.40. The Morgan fingerprint density at radius 2 is 1.88 bits per heavy atom. The van der Waals surface area contributed by atoms with Crippen LogP contribution < -0.4 is 16.8 Å². The van der Waals surface area contributed by atoms with Gasteiger partial charge in [-0.05, 0) is 12.0 Å². The van der Waals surface area contributed by atoms with Crippen LogP contribution >= 0.6 is 0 Å². The van der Waals surface area contributed by atoms with Gasteiger partial charge in [0.15, 0.2) is 0 Å². The van der Waals surface area contributed by atoms with E-state index in [0.717, 1.165) is 5.56 Å². The van der Waals surface area contributed by atoms with Crippen LogP contribution in [0.2, 0.25) is 0 Å². The van der Waals surface area contributed by atoms with Gasteiger partial charge < -0.3 is 16.8 Å². The first-order chi connectivity index (χ1) is 8.11. The Kier molecular flexibility index (Phi) is 5.16. The summed E-state index contributed by atoms with van der Waals surface area (Å²) in [7, 11) is 0. The average molecular weight is 235 g/mol. The van der Waals surface area contributed by atoms with E-state index in [9.17, 15) is 9.59 Å². The molecule has 5 heteroatoms. The number of primary amides is 1. The van der Waals surface area contributed by atoms with Gasteiger partial charge in [-0.3, -0.25) is 9.59 Å². The summed E-state index contributed by atoms with van der Waals surface area (Å²) in [6.45, 7) is 0.405. The van der Waals surface area contributed by atoms with Crippen molar-refractivity contribution in [2.24, 2.45) is 11.5 Å². The van der Waals surface area contributed by atoms with E-state index < -0.39 is 6.04 Å². The van der Waals surface area contributed by atoms with Gasteiger partial charge in [-0.1, -0.05) is 30.3 Å². The van der Waals surface area contributed by atoms with Crippen molar-refractivity contribution in [3.63, 3.8) is 0 Å². The highest BCUT2D eigenvalue weighted by molar-refractivity contribution is 5.82. The number of hydrogen-bond donors (Lipinski definition) is 3. The number of carbonyl (C=O) groups is 2. The summed E-state index contributed by atoms with van der Waals surface area (Å²) >= 11 is 0. The Morgan fingerprint density at radius 1 is 1.24 bits per heavy atom. The molecule has 0 spiro atoms. The molecule has 0 aliphatic rings. The maximum absolute atomic E-state index is 11.6. The largest absolute Gasteiger partial charge is 0.370 e. The zero-order valence-corrected chi connectivity index (χ0v) is 9.56. The molecule has 0 saturated heterocycles. The third-order valence-electron chi connectivity index (χ3n) is 2.34. The molecule has 17 heavy (non-hydrogen) atoms. The number of hydrogen-bond acceptors (Lipinski definition) is 3. The lowest BCUT2D eigenvalue weighted by Gasteiger charge is -2.12. The summed E-state index contributed by atoms with van der Waals surface area (Å²) in [6, 6.07) is 8.44. The molecule has 1 aromatic rings. The molecule has 92 valence electrons. The van der Waals surface area contributed by atoms with Crippen LogP contribution in [0.5, 0.6) is 0 Å². The zero-order chi connectivity index (χ0) is 12.7. The van der Waals surface area contributed by atoms with E-state index >= 15 is 0 Å². The van der Waals surface area contributed by atoms with Crippen LogP contribution in [0.15, 0.2) is 30.3 Å². The first-order valence-corrected chi connectivity index (χ1v) is 5.48. The van der Waals surface area contributed by atoms with Gasteiger partial charge in [-0.15, -0.1) is 0 Å². The highest BCUT2D eigenvalue weighted by atomic mass is 16.2. The fourth-order valence-corrected chi connectivity index (χ4v) is 1.40. The standard InChI is InChI=1S/C12H17N3O2/c13-10(16)7-4-8-15-12(17)11(14)9-5-2-1-3-6-9/h1-3,5-6,11H,4,7-8,14H2,(H2,13,16)(H,15,17)/t11-/m0/s1. The van der Waals surface area contributed by atoms with Crippen LogP contribution in [0, 0.1) is 0 Å². The maximum atomic E-state index is 11.6. The van der Waals surface area contributed by atoms with Crippen molar-refractivity contribution in [3.8, 4) is 0 Å². The minimum atomic E-state index is -0.676. The maximum Gasteiger partial charge on any atom is 0.241 e. The average Bonchev–Trinajstić information content (AvgIpc) is 2.34. The normalized spacial score (nSPS) is 11.8. The Bertz CT molecular complexity index is 379. The van der Waals surface area contributed by atoms with Crippen LogP contribution in [0.25, 0.3) is 0 Å². The molecule has 0 aliphatic carbocycles. The molecular weight excluding hydrogens is 218 g/mol. The molecule has 0 aromatic heterocycles. The molecule has 0 fully saturated rings. The predicted octanol–water partition coefficient (Wildman–Crippen LogP) is 0.0681. The first-order valence-electron chi connectivity index (χ1n) is 5.48. The quantitative estimate of drug-likeness (QED) is 0.608. The first kappa shape index (κ1) is 13.2. The molecular formula is C12H17N3O2. The van der Waals surface area contributed by atoms with E-state index in [2.05, 4.69) is 5.32 Å². The molecule has 1 atom stereocenters. The van der Waals surface area contributed by atoms with E-state index in [1.54, 1.807) is 12.1 Å². The molecule has 1 aromatic carbocycles. The van der Waals surface area contributed by atoms with E-state index in [1.807, 2.05) is 18.2 Å². The molecule has 0 unspecified atom stereocenters. The Labute approximate surface area is 100 Å².